The van der Waals surface area contributed by atoms with Crippen LogP contribution in [0, 0.1) is 0 Å². The largest absolute Gasteiger partial charge is 0.493 e. The summed E-state index contributed by atoms with van der Waals surface area (Å²) in [5.41, 5.74) is 5.57. The highest BCUT2D eigenvalue weighted by atomic mass is 16.5. The highest BCUT2D eigenvalue weighted by Gasteiger charge is 2.27. The third-order valence-corrected chi connectivity index (χ3v) is 7.19. The topological polar surface area (TPSA) is 71.9 Å². The van der Waals surface area contributed by atoms with Crippen molar-refractivity contribution in [3.05, 3.63) is 29.0 Å². The van der Waals surface area contributed by atoms with Crippen LogP contribution in [0.3, 0.4) is 0 Å². The SMILES string of the molecule is COc1cc2c3c(c(C4CCCC4)nc2cc1OCCCN1CCCC1)CCC3.O=CO. The van der Waals surface area contributed by atoms with Gasteiger partial charge in [0.2, 0.25) is 0 Å². The fourth-order valence-corrected chi connectivity index (χ4v) is 5.69. The van der Waals surface area contributed by atoms with Crippen LogP contribution in [0.2, 0.25) is 0 Å². The first-order valence-electron chi connectivity index (χ1n) is 12.2. The van der Waals surface area contributed by atoms with Crippen LogP contribution >= 0.6 is 0 Å². The minimum Gasteiger partial charge on any atom is -0.493 e. The highest BCUT2D eigenvalue weighted by molar-refractivity contribution is 5.87. The van der Waals surface area contributed by atoms with Crippen LogP contribution in [0.15, 0.2) is 12.1 Å². The van der Waals surface area contributed by atoms with Gasteiger partial charge in [-0.1, -0.05) is 12.8 Å². The van der Waals surface area contributed by atoms with E-state index in [-0.39, 0.29) is 6.47 Å². The van der Waals surface area contributed by atoms with Crippen molar-refractivity contribution in [2.45, 2.75) is 70.1 Å². The quantitative estimate of drug-likeness (QED) is 0.485. The summed E-state index contributed by atoms with van der Waals surface area (Å²) in [6.07, 6.45) is 12.7. The van der Waals surface area contributed by atoms with Crippen molar-refractivity contribution in [3.63, 3.8) is 0 Å². The van der Waals surface area contributed by atoms with Gasteiger partial charge in [-0.05, 0) is 81.6 Å². The second kappa shape index (κ2) is 11.0. The van der Waals surface area contributed by atoms with Gasteiger partial charge in [0, 0.05) is 29.6 Å². The summed E-state index contributed by atoms with van der Waals surface area (Å²) >= 11 is 0. The van der Waals surface area contributed by atoms with Crippen molar-refractivity contribution in [2.24, 2.45) is 0 Å². The Morgan fingerprint density at radius 1 is 1.06 bits per heavy atom. The van der Waals surface area contributed by atoms with E-state index < -0.39 is 0 Å². The summed E-state index contributed by atoms with van der Waals surface area (Å²) in [6.45, 7) is 4.11. The molecule has 2 heterocycles. The number of hydrogen-bond acceptors (Lipinski definition) is 5. The molecule has 0 bridgehead atoms. The fraction of sp³-hybridized carbons (Fsp3) is 0.615. The van der Waals surface area contributed by atoms with E-state index in [2.05, 4.69) is 17.0 Å². The number of nitrogens with zero attached hydrogens (tertiary/aromatic N) is 2. The maximum atomic E-state index is 8.36. The van der Waals surface area contributed by atoms with Crippen LogP contribution in [0.5, 0.6) is 11.5 Å². The average molecular weight is 441 g/mol. The molecule has 0 spiro atoms. The van der Waals surface area contributed by atoms with Crippen LogP contribution in [0.25, 0.3) is 10.9 Å². The summed E-state index contributed by atoms with van der Waals surface area (Å²) in [6, 6.07) is 4.32. The van der Waals surface area contributed by atoms with Gasteiger partial charge in [0.25, 0.3) is 6.47 Å². The lowest BCUT2D eigenvalue weighted by Gasteiger charge is -2.19. The van der Waals surface area contributed by atoms with Gasteiger partial charge in [0.05, 0.1) is 19.2 Å². The summed E-state index contributed by atoms with van der Waals surface area (Å²) < 4.78 is 11.9. The van der Waals surface area contributed by atoms with E-state index in [9.17, 15) is 0 Å². The van der Waals surface area contributed by atoms with Crippen molar-refractivity contribution in [3.8, 4) is 11.5 Å². The van der Waals surface area contributed by atoms with E-state index in [0.29, 0.717) is 5.92 Å². The first-order valence-corrected chi connectivity index (χ1v) is 12.2. The van der Waals surface area contributed by atoms with Gasteiger partial charge in [-0.3, -0.25) is 9.78 Å². The maximum absolute atomic E-state index is 8.36. The molecule has 0 unspecified atom stereocenters. The van der Waals surface area contributed by atoms with Crippen LogP contribution < -0.4 is 9.47 Å². The van der Waals surface area contributed by atoms with Gasteiger partial charge in [-0.15, -0.1) is 0 Å². The maximum Gasteiger partial charge on any atom is 0.290 e. The van der Waals surface area contributed by atoms with Gasteiger partial charge >= 0.3 is 0 Å². The fourth-order valence-electron chi connectivity index (χ4n) is 5.69. The number of rotatable bonds is 7. The van der Waals surface area contributed by atoms with Crippen molar-refractivity contribution in [1.82, 2.24) is 9.88 Å². The predicted molar refractivity (Wildman–Crippen MR) is 126 cm³/mol. The molecule has 1 aliphatic heterocycles. The lowest BCUT2D eigenvalue weighted by molar-refractivity contribution is -0.122. The molecule has 2 aromatic rings. The molecule has 2 fully saturated rings. The molecule has 174 valence electrons. The minimum atomic E-state index is -0.250. The van der Waals surface area contributed by atoms with Crippen molar-refractivity contribution >= 4 is 17.4 Å². The smallest absolute Gasteiger partial charge is 0.290 e. The summed E-state index contributed by atoms with van der Waals surface area (Å²) in [5.74, 6) is 2.37. The van der Waals surface area contributed by atoms with Gasteiger partial charge in [0.15, 0.2) is 11.5 Å². The monoisotopic (exact) mass is 440 g/mol. The Kier molecular flexibility index (Phi) is 7.85. The van der Waals surface area contributed by atoms with E-state index in [1.165, 1.54) is 87.5 Å². The van der Waals surface area contributed by atoms with Crippen LogP contribution in [-0.2, 0) is 17.6 Å². The Labute approximate surface area is 190 Å². The zero-order valence-corrected chi connectivity index (χ0v) is 19.3. The zero-order valence-electron chi connectivity index (χ0n) is 19.3. The number of aryl methyl sites for hydroxylation is 1. The molecule has 0 atom stereocenters. The van der Waals surface area contributed by atoms with Crippen LogP contribution in [0.4, 0.5) is 0 Å². The predicted octanol–water partition coefficient (Wildman–Crippen LogP) is 4.96. The molecule has 3 aliphatic rings. The van der Waals surface area contributed by atoms with Gasteiger partial charge in [-0.25, -0.2) is 0 Å². The Bertz CT molecular complexity index is 918. The number of benzene rings is 1. The number of hydrogen-bond donors (Lipinski definition) is 1. The van der Waals surface area contributed by atoms with E-state index in [0.717, 1.165) is 36.6 Å². The number of pyridine rings is 1. The van der Waals surface area contributed by atoms with Crippen molar-refractivity contribution < 1.29 is 19.4 Å². The van der Waals surface area contributed by atoms with E-state index in [1.54, 1.807) is 12.7 Å². The number of aromatic nitrogens is 1. The van der Waals surface area contributed by atoms with E-state index in [4.69, 9.17) is 24.4 Å². The minimum absolute atomic E-state index is 0.250. The first kappa shape index (κ1) is 22.8. The lowest BCUT2D eigenvalue weighted by Crippen LogP contribution is -2.21. The van der Waals surface area contributed by atoms with Gasteiger partial charge in [-0.2, -0.15) is 0 Å². The normalized spacial score (nSPS) is 18.4. The molecule has 32 heavy (non-hydrogen) atoms. The zero-order chi connectivity index (χ0) is 22.3. The summed E-state index contributed by atoms with van der Waals surface area (Å²) in [5, 5.41) is 8.17. The molecule has 0 amide bonds. The lowest BCUT2D eigenvalue weighted by atomic mass is 9.94. The molecule has 1 aromatic carbocycles. The van der Waals surface area contributed by atoms with Crippen LogP contribution in [0.1, 0.15) is 74.1 Å². The molecule has 1 N–H and O–H groups in total. The van der Waals surface area contributed by atoms with Crippen LogP contribution in [-0.4, -0.2) is 54.8 Å². The highest BCUT2D eigenvalue weighted by Crippen LogP contribution is 2.42. The Hall–Kier alpha value is -2.34. The first-order chi connectivity index (χ1) is 15.7. The third kappa shape index (κ3) is 5.01. The number of ether oxygens (including phenoxy) is 2. The third-order valence-electron chi connectivity index (χ3n) is 7.19. The number of likely N-dealkylation sites (tertiary alicyclic amines) is 1. The molecule has 6 nitrogen and oxygen atoms in total. The molecule has 1 aromatic heterocycles. The van der Waals surface area contributed by atoms with Gasteiger partial charge in [0.1, 0.15) is 0 Å². The molecule has 2 aliphatic carbocycles. The van der Waals surface area contributed by atoms with E-state index in [1.807, 2.05) is 0 Å². The van der Waals surface area contributed by atoms with Crippen molar-refractivity contribution in [1.29, 1.82) is 0 Å². The number of carbonyl (C=O) groups is 1. The molecule has 1 saturated carbocycles. The second-order valence-electron chi connectivity index (χ2n) is 9.17. The molecule has 1 saturated heterocycles. The number of carboxylic acid groups (broad SMARTS) is 1. The Morgan fingerprint density at radius 3 is 2.50 bits per heavy atom. The number of methoxy groups -OCH3 is 1. The Morgan fingerprint density at radius 2 is 1.78 bits per heavy atom. The standard InChI is InChI=1S/C25H34N2O2.CH2O2/c1-28-23-16-21-19-10-6-11-20(19)25(18-8-2-3-9-18)26-22(21)17-24(23)29-15-7-14-27-12-4-5-13-27;2-1-3/h16-18H,2-15H2,1H3;1H,(H,2,3). The molecular weight excluding hydrogens is 404 g/mol. The van der Waals surface area contributed by atoms with Crippen molar-refractivity contribution in [2.75, 3.05) is 33.4 Å². The second-order valence-corrected chi connectivity index (χ2v) is 9.17. The molecule has 5 rings (SSSR count). The molecule has 6 heteroatoms. The summed E-state index contributed by atoms with van der Waals surface area (Å²) in [4.78, 5) is 16.1. The molecule has 0 radical (unpaired) electrons. The number of fused-ring (bicyclic) bond motifs is 3. The molecular formula is C26H36N2O4. The van der Waals surface area contributed by atoms with Gasteiger partial charge < -0.3 is 19.5 Å². The average Bonchev–Trinajstić information content (AvgIpc) is 3.58. The Balaban J connectivity index is 0.000000775. The summed E-state index contributed by atoms with van der Waals surface area (Å²) in [7, 11) is 1.75. The van der Waals surface area contributed by atoms with E-state index >= 15 is 0 Å².